The molecule has 3 aromatic carbocycles. The Labute approximate surface area is 213 Å². The van der Waals surface area contributed by atoms with Crippen molar-refractivity contribution in [3.05, 3.63) is 77.9 Å². The van der Waals surface area contributed by atoms with Gasteiger partial charge in [0.2, 0.25) is 0 Å². The molecule has 4 rings (SSSR count). The van der Waals surface area contributed by atoms with Crippen LogP contribution in [0.4, 0.5) is 4.79 Å². The Morgan fingerprint density at radius 1 is 1.06 bits per heavy atom. The van der Waals surface area contributed by atoms with E-state index >= 15 is 0 Å². The van der Waals surface area contributed by atoms with Gasteiger partial charge in [-0.3, -0.25) is 4.90 Å². The molecule has 1 aliphatic heterocycles. The van der Waals surface area contributed by atoms with Crippen molar-refractivity contribution in [3.63, 3.8) is 0 Å². The van der Waals surface area contributed by atoms with Crippen molar-refractivity contribution in [1.82, 2.24) is 15.1 Å². The third kappa shape index (κ3) is 5.86. The zero-order valence-electron chi connectivity index (χ0n) is 21.1. The minimum atomic E-state index is -0.855. The summed E-state index contributed by atoms with van der Waals surface area (Å²) in [4.78, 5) is 29.8. The molecule has 3 aromatic rings. The van der Waals surface area contributed by atoms with Crippen molar-refractivity contribution in [1.29, 1.82) is 0 Å². The zero-order chi connectivity index (χ0) is 25.4. The highest BCUT2D eigenvalue weighted by molar-refractivity contribution is 5.85. The summed E-state index contributed by atoms with van der Waals surface area (Å²) in [5.74, 6) is 0.737. The van der Waals surface area contributed by atoms with Crippen LogP contribution < -0.4 is 10.1 Å². The van der Waals surface area contributed by atoms with Gasteiger partial charge in [0.25, 0.3) is 0 Å². The van der Waals surface area contributed by atoms with E-state index in [1.807, 2.05) is 24.3 Å². The van der Waals surface area contributed by atoms with Gasteiger partial charge in [0.15, 0.2) is 0 Å². The molecule has 1 heterocycles. The number of hydrogen-bond donors (Lipinski definition) is 1. The van der Waals surface area contributed by atoms with Crippen LogP contribution in [0.1, 0.15) is 24.0 Å². The topological polar surface area (TPSA) is 71.1 Å². The van der Waals surface area contributed by atoms with Crippen LogP contribution in [0, 0.1) is 0 Å². The second-order valence-electron chi connectivity index (χ2n) is 9.29. The highest BCUT2D eigenvalue weighted by Crippen LogP contribution is 2.29. The number of urea groups is 1. The van der Waals surface area contributed by atoms with Crippen LogP contribution in [0.3, 0.4) is 0 Å². The minimum Gasteiger partial charge on any atom is -0.497 e. The second kappa shape index (κ2) is 12.0. The Hall–Kier alpha value is -3.42. The number of fused-ring (bicyclic) bond motifs is 1. The van der Waals surface area contributed by atoms with Crippen LogP contribution in [0.15, 0.2) is 66.7 Å². The van der Waals surface area contributed by atoms with Gasteiger partial charge in [0.1, 0.15) is 17.6 Å². The lowest BCUT2D eigenvalue weighted by Crippen LogP contribution is -2.61. The van der Waals surface area contributed by atoms with Gasteiger partial charge in [-0.1, -0.05) is 54.6 Å². The number of rotatable bonds is 10. The predicted molar refractivity (Wildman–Crippen MR) is 141 cm³/mol. The summed E-state index contributed by atoms with van der Waals surface area (Å²) >= 11 is 0. The molecule has 1 saturated heterocycles. The Kier molecular flexibility index (Phi) is 8.57. The summed E-state index contributed by atoms with van der Waals surface area (Å²) in [5, 5.41) is 5.47. The number of carbonyl (C=O) groups is 2. The van der Waals surface area contributed by atoms with Gasteiger partial charge in [-0.05, 0) is 46.9 Å². The zero-order valence-corrected chi connectivity index (χ0v) is 21.1. The van der Waals surface area contributed by atoms with Gasteiger partial charge >= 0.3 is 6.03 Å². The number of piperidine rings is 1. The van der Waals surface area contributed by atoms with E-state index in [0.29, 0.717) is 32.5 Å². The second-order valence-corrected chi connectivity index (χ2v) is 9.29. The summed E-state index contributed by atoms with van der Waals surface area (Å²) in [6, 6.07) is 22.1. The van der Waals surface area contributed by atoms with E-state index in [1.54, 1.807) is 19.1 Å². The highest BCUT2D eigenvalue weighted by atomic mass is 16.5. The fourth-order valence-corrected chi connectivity index (χ4v) is 4.99. The highest BCUT2D eigenvalue weighted by Gasteiger charge is 2.42. The summed E-state index contributed by atoms with van der Waals surface area (Å²) in [5.41, 5.74) is 1.35. The molecule has 0 aromatic heterocycles. The SMILES string of the molecule is COCCN(C(=O)NCc1cccc(OC)c1)C1(C=O)CCN(Cc2cccc3ccccc23)CC1. The lowest BCUT2D eigenvalue weighted by molar-refractivity contribution is -0.120. The van der Waals surface area contributed by atoms with Crippen LogP contribution >= 0.6 is 0 Å². The maximum absolute atomic E-state index is 13.3. The smallest absolute Gasteiger partial charge is 0.318 e. The number of hydrogen-bond acceptors (Lipinski definition) is 5. The number of nitrogens with zero attached hydrogens (tertiary/aromatic N) is 2. The minimum absolute atomic E-state index is 0.260. The van der Waals surface area contributed by atoms with E-state index in [2.05, 4.69) is 52.7 Å². The Morgan fingerprint density at radius 2 is 1.81 bits per heavy atom. The average molecular weight is 490 g/mol. The number of aldehydes is 1. The Balaban J connectivity index is 1.43. The first-order valence-corrected chi connectivity index (χ1v) is 12.4. The number of amides is 2. The molecule has 7 nitrogen and oxygen atoms in total. The molecule has 190 valence electrons. The number of nitrogens with one attached hydrogen (secondary N) is 1. The van der Waals surface area contributed by atoms with Crippen LogP contribution in [0.2, 0.25) is 0 Å². The summed E-state index contributed by atoms with van der Waals surface area (Å²) in [6.45, 7) is 3.34. The fraction of sp³-hybridized carbons (Fsp3) is 0.379. The molecule has 0 aliphatic carbocycles. The molecular formula is C29H35N3O4. The first kappa shape index (κ1) is 25.7. The van der Waals surface area contributed by atoms with Gasteiger partial charge in [0, 0.05) is 39.8 Å². The molecule has 36 heavy (non-hydrogen) atoms. The third-order valence-corrected chi connectivity index (χ3v) is 7.09. The van der Waals surface area contributed by atoms with E-state index in [4.69, 9.17) is 9.47 Å². The van der Waals surface area contributed by atoms with E-state index in [1.165, 1.54) is 16.3 Å². The summed E-state index contributed by atoms with van der Waals surface area (Å²) in [6.07, 6.45) is 2.12. The molecule has 0 unspecified atom stereocenters. The molecule has 0 radical (unpaired) electrons. The maximum atomic E-state index is 13.3. The maximum Gasteiger partial charge on any atom is 0.318 e. The van der Waals surface area contributed by atoms with E-state index in [-0.39, 0.29) is 6.03 Å². The van der Waals surface area contributed by atoms with E-state index in [9.17, 15) is 9.59 Å². The number of benzene rings is 3. The van der Waals surface area contributed by atoms with Crippen LogP contribution in [-0.2, 0) is 22.6 Å². The van der Waals surface area contributed by atoms with Gasteiger partial charge in [-0.2, -0.15) is 0 Å². The monoisotopic (exact) mass is 489 g/mol. The molecule has 7 heteroatoms. The van der Waals surface area contributed by atoms with Crippen LogP contribution in [0.5, 0.6) is 5.75 Å². The van der Waals surface area contributed by atoms with Crippen molar-refractivity contribution in [3.8, 4) is 5.75 Å². The van der Waals surface area contributed by atoms with Gasteiger partial charge in [0.05, 0.1) is 13.7 Å². The normalized spacial score (nSPS) is 15.4. The van der Waals surface area contributed by atoms with Crippen LogP contribution in [0.25, 0.3) is 10.8 Å². The Bertz CT molecular complexity index is 1170. The van der Waals surface area contributed by atoms with Crippen molar-refractivity contribution >= 4 is 23.1 Å². The number of likely N-dealkylation sites (tertiary alicyclic amines) is 1. The van der Waals surface area contributed by atoms with Crippen molar-refractivity contribution in [2.75, 3.05) is 40.5 Å². The quantitative estimate of drug-likeness (QED) is 0.432. The fourth-order valence-electron chi connectivity index (χ4n) is 4.99. The third-order valence-electron chi connectivity index (χ3n) is 7.09. The molecule has 0 atom stereocenters. The van der Waals surface area contributed by atoms with Gasteiger partial charge in [-0.25, -0.2) is 4.79 Å². The molecule has 0 bridgehead atoms. The van der Waals surface area contributed by atoms with Crippen molar-refractivity contribution < 1.29 is 19.1 Å². The van der Waals surface area contributed by atoms with Gasteiger partial charge in [-0.15, -0.1) is 0 Å². The van der Waals surface area contributed by atoms with E-state index in [0.717, 1.165) is 37.2 Å². The molecule has 0 spiro atoms. The molecule has 0 saturated carbocycles. The van der Waals surface area contributed by atoms with Crippen LogP contribution in [-0.4, -0.2) is 68.1 Å². The largest absolute Gasteiger partial charge is 0.497 e. The first-order valence-electron chi connectivity index (χ1n) is 12.4. The predicted octanol–water partition coefficient (Wildman–Crippen LogP) is 4.24. The lowest BCUT2D eigenvalue weighted by atomic mass is 9.86. The van der Waals surface area contributed by atoms with E-state index < -0.39 is 5.54 Å². The standard InChI is InChI=1S/C29H35N3O4/c1-35-18-17-32(28(34)30-20-23-7-5-11-26(19-23)36-2)29(22-33)13-15-31(16-14-29)21-25-10-6-9-24-8-3-4-12-27(24)25/h3-12,19,22H,13-18,20-21H2,1-2H3,(H,30,34). The van der Waals surface area contributed by atoms with Gasteiger partial charge < -0.3 is 24.5 Å². The van der Waals surface area contributed by atoms with Crippen molar-refractivity contribution in [2.45, 2.75) is 31.5 Å². The molecule has 1 aliphatic rings. The Morgan fingerprint density at radius 3 is 2.56 bits per heavy atom. The number of methoxy groups -OCH3 is 2. The molecule has 2 amide bonds. The first-order chi connectivity index (χ1) is 17.6. The lowest BCUT2D eigenvalue weighted by Gasteiger charge is -2.45. The van der Waals surface area contributed by atoms with Crippen molar-refractivity contribution in [2.24, 2.45) is 0 Å². The number of carbonyl (C=O) groups excluding carboxylic acids is 2. The molecule has 1 fully saturated rings. The average Bonchev–Trinajstić information content (AvgIpc) is 2.93. The number of ether oxygens (including phenoxy) is 2. The summed E-state index contributed by atoms with van der Waals surface area (Å²) in [7, 11) is 3.22. The molecule has 1 N–H and O–H groups in total. The molecular weight excluding hydrogens is 454 g/mol. The summed E-state index contributed by atoms with van der Waals surface area (Å²) < 4.78 is 10.5.